The second kappa shape index (κ2) is 25.5. The monoisotopic (exact) mass is 1310 g/mol. The summed E-state index contributed by atoms with van der Waals surface area (Å²) < 4.78 is 503. The van der Waals surface area contributed by atoms with Crippen molar-refractivity contribution in [1.82, 2.24) is 0 Å². The second-order valence-electron chi connectivity index (χ2n) is 18.5. The molecule has 42 heteroatoms. The van der Waals surface area contributed by atoms with Gasteiger partial charge in [-0.3, -0.25) is 9.13 Å². The van der Waals surface area contributed by atoms with Gasteiger partial charge in [-0.05, 0) is 37.5 Å². The number of hydrogen-bond donors (Lipinski definition) is 4. The third-order valence-electron chi connectivity index (χ3n) is 12.3. The Bertz CT molecular complexity index is 1910. The first kappa shape index (κ1) is 77.9. The van der Waals surface area contributed by atoms with E-state index in [4.69, 9.17) is 19.6 Å². The molecule has 0 aromatic rings. The quantitative estimate of drug-likeness (QED) is 0.0280. The minimum Gasteiger partial charge on any atom is -0.324 e. The molecule has 0 heterocycles. The first-order chi connectivity index (χ1) is 34.9. The Hall–Kier alpha value is -2.08. The average Bonchev–Trinajstić information content (AvgIpc) is 3.24. The van der Waals surface area contributed by atoms with Crippen molar-refractivity contribution in [2.45, 2.75) is 211 Å². The van der Waals surface area contributed by atoms with Gasteiger partial charge in [-0.25, -0.2) is 0 Å². The zero-order valence-electron chi connectivity index (χ0n) is 39.6. The molecule has 0 saturated carbocycles. The first-order valence-electron chi connectivity index (χ1n) is 22.4. The van der Waals surface area contributed by atoms with Crippen LogP contribution in [-0.2, 0) is 9.13 Å². The smallest absolute Gasteiger partial charge is 0.324 e. The molecule has 0 unspecified atom stereocenters. The lowest BCUT2D eigenvalue weighted by molar-refractivity contribution is -0.462. The maximum Gasteiger partial charge on any atom is 0.460 e. The van der Waals surface area contributed by atoms with E-state index in [2.05, 4.69) is 0 Å². The van der Waals surface area contributed by atoms with Crippen molar-refractivity contribution in [3.63, 3.8) is 0 Å². The molecule has 482 valence electrons. The van der Waals surface area contributed by atoms with Gasteiger partial charge in [-0.1, -0.05) is 77.0 Å². The van der Waals surface area contributed by atoms with Crippen molar-refractivity contribution in [1.29, 1.82) is 0 Å². The lowest BCUT2D eigenvalue weighted by atomic mass is 9.74. The molecule has 0 spiro atoms. The van der Waals surface area contributed by atoms with Crippen LogP contribution in [0.5, 0.6) is 0 Å². The normalized spacial score (nSPS) is 16.6. The molecular formula is C38H46F34O6P2. The zero-order valence-corrected chi connectivity index (χ0v) is 41.4. The largest absolute Gasteiger partial charge is 0.460 e. The SMILES string of the molecule is O=P(O)(O)CCCCCCCCC[C@H](CC(F)(F)C(F)(F)C(F)(F)C(F)(F)C(F)(F)C(F)(F)C(F)(F)C(F)(F)F)[C@@H](CCCCCCCCCP(=O)(O)O)CC(F)(F)C(F)(F)C(F)(F)C(F)(F)C(F)(F)C(F)(F)C(F)(F)C(F)(F)F. The molecule has 0 aliphatic rings. The number of rotatable bonds is 37. The van der Waals surface area contributed by atoms with Gasteiger partial charge in [0.25, 0.3) is 0 Å². The lowest BCUT2D eigenvalue weighted by Gasteiger charge is -2.44. The Morgan fingerprint density at radius 3 is 0.588 bits per heavy atom. The van der Waals surface area contributed by atoms with Gasteiger partial charge in [0.2, 0.25) is 0 Å². The van der Waals surface area contributed by atoms with E-state index in [-0.39, 0.29) is 51.4 Å². The Morgan fingerprint density at radius 2 is 0.400 bits per heavy atom. The zero-order chi connectivity index (χ0) is 64.3. The predicted molar refractivity (Wildman–Crippen MR) is 205 cm³/mol. The van der Waals surface area contributed by atoms with E-state index < -0.39 is 199 Å². The highest BCUT2D eigenvalue weighted by Gasteiger charge is 2.97. The van der Waals surface area contributed by atoms with Crippen molar-refractivity contribution < 1.29 is 178 Å². The van der Waals surface area contributed by atoms with Crippen molar-refractivity contribution in [3.8, 4) is 0 Å². The van der Waals surface area contributed by atoms with Crippen molar-refractivity contribution in [3.05, 3.63) is 0 Å². The maximum atomic E-state index is 15.6. The summed E-state index contributed by atoms with van der Waals surface area (Å²) in [6, 6.07) is 0. The molecule has 0 aromatic carbocycles. The van der Waals surface area contributed by atoms with E-state index in [1.54, 1.807) is 0 Å². The van der Waals surface area contributed by atoms with E-state index in [0.717, 1.165) is 0 Å². The summed E-state index contributed by atoms with van der Waals surface area (Å²) in [5.74, 6) is -131. The summed E-state index contributed by atoms with van der Waals surface area (Å²) in [5.41, 5.74) is 0. The second-order valence-corrected chi connectivity index (χ2v) is 22.1. The number of alkyl halides is 34. The van der Waals surface area contributed by atoms with Gasteiger partial charge in [-0.2, -0.15) is 149 Å². The molecule has 0 saturated heterocycles. The van der Waals surface area contributed by atoms with Crippen LogP contribution in [0.2, 0.25) is 0 Å². The molecule has 6 nitrogen and oxygen atoms in total. The summed E-state index contributed by atoms with van der Waals surface area (Å²) in [6.45, 7) is 0. The first-order valence-corrected chi connectivity index (χ1v) is 26.0. The molecular weight excluding hydrogens is 1260 g/mol. The standard InChI is InChI=1S/C38H46F34O6P2/c39-23(40,25(43,44)27(47,48)29(51,52)31(55,56)33(59,60)35(63,64)37(67,68)69)19-21(15-11-7-3-1-5-9-13-17-79(73,74)75)22(16-12-8-4-2-6-10-14-18-80(76,77)78)20-24(41,42)26(45,46)28(49,50)30(53,54)32(57,58)34(61,62)36(65,66)38(70,71)72/h21-22H,1-20H2,(H2,73,74,75)(H2,76,77,78)/t21-,22+. The lowest BCUT2D eigenvalue weighted by Crippen LogP contribution is -2.74. The molecule has 0 radical (unpaired) electrons. The Balaban J connectivity index is 8.01. The van der Waals surface area contributed by atoms with Crippen molar-refractivity contribution in [2.24, 2.45) is 11.8 Å². The molecule has 0 aliphatic carbocycles. The molecule has 2 atom stereocenters. The highest BCUT2D eigenvalue weighted by atomic mass is 31.2. The summed E-state index contributed by atoms with van der Waals surface area (Å²) >= 11 is 0. The van der Waals surface area contributed by atoms with E-state index in [1.807, 2.05) is 0 Å². The summed E-state index contributed by atoms with van der Waals surface area (Å²) in [5, 5.41) is 0. The fourth-order valence-corrected chi connectivity index (χ4v) is 8.80. The molecule has 0 rings (SSSR count). The predicted octanol–water partition coefficient (Wildman–Crippen LogP) is 17.6. The Morgan fingerprint density at radius 1 is 0.237 bits per heavy atom. The van der Waals surface area contributed by atoms with Gasteiger partial charge in [-0.15, -0.1) is 0 Å². The molecule has 80 heavy (non-hydrogen) atoms. The number of hydrogen-bond acceptors (Lipinski definition) is 2. The van der Waals surface area contributed by atoms with Gasteiger partial charge in [0.1, 0.15) is 0 Å². The van der Waals surface area contributed by atoms with E-state index in [1.165, 1.54) is 0 Å². The van der Waals surface area contributed by atoms with Crippen molar-refractivity contribution in [2.75, 3.05) is 12.3 Å². The third-order valence-corrected chi connectivity index (χ3v) is 14.1. The summed E-state index contributed by atoms with van der Waals surface area (Å²) in [4.78, 5) is 35.5. The van der Waals surface area contributed by atoms with Gasteiger partial charge < -0.3 is 19.6 Å². The van der Waals surface area contributed by atoms with Gasteiger partial charge >= 0.3 is 110 Å². The van der Waals surface area contributed by atoms with E-state index >= 15 is 35.1 Å². The summed E-state index contributed by atoms with van der Waals surface area (Å²) in [6.07, 6.45) is -35.0. The van der Waals surface area contributed by atoms with E-state index in [9.17, 15) is 123 Å². The average molecular weight is 1310 g/mol. The van der Waals surface area contributed by atoms with Crippen LogP contribution in [0.1, 0.15) is 116 Å². The number of halogens is 34. The summed E-state index contributed by atoms with van der Waals surface area (Å²) in [7, 11) is -9.20. The van der Waals surface area contributed by atoms with Crippen LogP contribution < -0.4 is 0 Å². The third kappa shape index (κ3) is 15.9. The topological polar surface area (TPSA) is 115 Å². The van der Waals surface area contributed by atoms with Crippen LogP contribution >= 0.6 is 15.2 Å². The molecule has 0 aliphatic heterocycles. The molecule has 4 N–H and O–H groups in total. The fourth-order valence-electron chi connectivity index (χ4n) is 7.53. The molecule has 0 fully saturated rings. The van der Waals surface area contributed by atoms with Crippen LogP contribution in [0.15, 0.2) is 0 Å². The van der Waals surface area contributed by atoms with Crippen LogP contribution in [0.25, 0.3) is 0 Å². The minimum atomic E-state index is -9.28. The van der Waals surface area contributed by atoms with Crippen LogP contribution in [0.3, 0.4) is 0 Å². The Labute approximate surface area is 428 Å². The van der Waals surface area contributed by atoms with Crippen LogP contribution in [0, 0.1) is 11.8 Å². The van der Waals surface area contributed by atoms with Crippen LogP contribution in [0.4, 0.5) is 149 Å². The Kier molecular flexibility index (Phi) is 24.8. The van der Waals surface area contributed by atoms with Crippen LogP contribution in [-0.4, -0.2) is 127 Å². The fraction of sp³-hybridized carbons (Fsp3) is 1.00. The van der Waals surface area contributed by atoms with Gasteiger partial charge in [0.05, 0.1) is 0 Å². The highest BCUT2D eigenvalue weighted by molar-refractivity contribution is 7.52. The molecule has 0 bridgehead atoms. The maximum absolute atomic E-state index is 15.6. The minimum absolute atomic E-state index is 0.0799. The molecule has 0 aromatic heterocycles. The number of unbranched alkanes of at least 4 members (excludes halogenated alkanes) is 12. The van der Waals surface area contributed by atoms with Gasteiger partial charge in [0, 0.05) is 25.2 Å². The molecule has 0 amide bonds. The van der Waals surface area contributed by atoms with E-state index in [0.29, 0.717) is 0 Å². The van der Waals surface area contributed by atoms with Crippen molar-refractivity contribution >= 4 is 15.2 Å². The highest BCUT2D eigenvalue weighted by Crippen LogP contribution is 2.67. The van der Waals surface area contributed by atoms with Gasteiger partial charge in [0.15, 0.2) is 0 Å².